The predicted molar refractivity (Wildman–Crippen MR) is 109 cm³/mol. The second-order valence-corrected chi connectivity index (χ2v) is 7.04. The lowest BCUT2D eigenvalue weighted by molar-refractivity contribution is -0.122. The molecule has 1 fully saturated rings. The Morgan fingerprint density at radius 2 is 1.86 bits per heavy atom. The Labute approximate surface area is 165 Å². The zero-order valence-electron chi connectivity index (χ0n) is 16.2. The van der Waals surface area contributed by atoms with E-state index < -0.39 is 0 Å². The smallest absolute Gasteiger partial charge is 0.262 e. The molecule has 6 nitrogen and oxygen atoms in total. The molecule has 28 heavy (non-hydrogen) atoms. The van der Waals surface area contributed by atoms with Gasteiger partial charge in [-0.05, 0) is 62.6 Å². The first-order chi connectivity index (χ1) is 13.6. The number of carbonyl (C=O) groups is 2. The fourth-order valence-electron chi connectivity index (χ4n) is 3.10. The average Bonchev–Trinajstić information content (AvgIpc) is 3.24. The second kappa shape index (κ2) is 9.90. The van der Waals surface area contributed by atoms with Crippen molar-refractivity contribution in [1.82, 2.24) is 10.6 Å². The number of carbonyl (C=O) groups excluding carboxylic acids is 2. The predicted octanol–water partition coefficient (Wildman–Crippen LogP) is 2.42. The number of anilines is 1. The van der Waals surface area contributed by atoms with E-state index in [9.17, 15) is 9.59 Å². The van der Waals surface area contributed by atoms with Crippen LogP contribution in [0.25, 0.3) is 0 Å². The van der Waals surface area contributed by atoms with Crippen molar-refractivity contribution in [3.05, 3.63) is 59.7 Å². The molecule has 1 unspecified atom stereocenters. The molecule has 0 aromatic heterocycles. The van der Waals surface area contributed by atoms with Gasteiger partial charge in [-0.3, -0.25) is 9.59 Å². The lowest BCUT2D eigenvalue weighted by atomic mass is 10.1. The molecule has 2 amide bonds. The van der Waals surface area contributed by atoms with E-state index in [4.69, 9.17) is 4.74 Å². The van der Waals surface area contributed by atoms with Gasteiger partial charge in [0.1, 0.15) is 5.75 Å². The number of ether oxygens (including phenoxy) is 1. The summed E-state index contributed by atoms with van der Waals surface area (Å²) >= 11 is 0. The number of hydrogen-bond donors (Lipinski definition) is 3. The zero-order valence-corrected chi connectivity index (χ0v) is 16.2. The first-order valence-corrected chi connectivity index (χ1v) is 9.69. The molecule has 3 N–H and O–H groups in total. The van der Waals surface area contributed by atoms with Crippen LogP contribution in [0.1, 0.15) is 24.0 Å². The monoisotopic (exact) mass is 381 g/mol. The third kappa shape index (κ3) is 6.09. The van der Waals surface area contributed by atoms with Gasteiger partial charge in [-0.25, -0.2) is 0 Å². The van der Waals surface area contributed by atoms with Gasteiger partial charge in [-0.1, -0.05) is 29.8 Å². The summed E-state index contributed by atoms with van der Waals surface area (Å²) in [4.78, 5) is 23.9. The molecule has 1 atom stereocenters. The molecule has 0 radical (unpaired) electrons. The van der Waals surface area contributed by atoms with E-state index in [1.807, 2.05) is 55.5 Å². The van der Waals surface area contributed by atoms with Crippen LogP contribution in [-0.4, -0.2) is 37.6 Å². The lowest BCUT2D eigenvalue weighted by Crippen LogP contribution is -2.41. The highest BCUT2D eigenvalue weighted by atomic mass is 16.5. The third-order valence-electron chi connectivity index (χ3n) is 4.72. The first-order valence-electron chi connectivity index (χ1n) is 9.69. The van der Waals surface area contributed by atoms with Crippen molar-refractivity contribution in [1.29, 1.82) is 0 Å². The SMILES string of the molecule is Cc1ccc(NC(=O)COc2ccc(CCNC(=O)C3CCCN3)cc2)cc1. The van der Waals surface area contributed by atoms with Gasteiger partial charge in [-0.15, -0.1) is 0 Å². The first kappa shape index (κ1) is 19.9. The average molecular weight is 381 g/mol. The Hall–Kier alpha value is -2.86. The van der Waals surface area contributed by atoms with E-state index >= 15 is 0 Å². The van der Waals surface area contributed by atoms with Crippen molar-refractivity contribution in [3.8, 4) is 5.75 Å². The minimum absolute atomic E-state index is 0.0400. The summed E-state index contributed by atoms with van der Waals surface area (Å²) < 4.78 is 5.54. The largest absolute Gasteiger partial charge is 0.484 e. The highest BCUT2D eigenvalue weighted by Crippen LogP contribution is 2.13. The molecule has 0 aliphatic carbocycles. The quantitative estimate of drug-likeness (QED) is 0.656. The summed E-state index contributed by atoms with van der Waals surface area (Å²) in [6.07, 6.45) is 2.73. The van der Waals surface area contributed by atoms with Crippen LogP contribution in [0.4, 0.5) is 5.69 Å². The molecule has 1 aliphatic heterocycles. The normalized spacial score (nSPS) is 15.8. The van der Waals surface area contributed by atoms with Crippen LogP contribution in [0, 0.1) is 6.92 Å². The third-order valence-corrected chi connectivity index (χ3v) is 4.72. The van der Waals surface area contributed by atoms with Gasteiger partial charge in [0, 0.05) is 12.2 Å². The molecule has 2 aromatic carbocycles. The number of nitrogens with one attached hydrogen (secondary N) is 3. The van der Waals surface area contributed by atoms with Crippen molar-refractivity contribution in [2.45, 2.75) is 32.2 Å². The Balaban J connectivity index is 1.37. The van der Waals surface area contributed by atoms with Gasteiger partial charge < -0.3 is 20.7 Å². The van der Waals surface area contributed by atoms with Gasteiger partial charge in [0.2, 0.25) is 5.91 Å². The lowest BCUT2D eigenvalue weighted by Gasteiger charge is -2.11. The molecule has 2 aromatic rings. The number of amides is 2. The van der Waals surface area contributed by atoms with Gasteiger partial charge in [-0.2, -0.15) is 0 Å². The van der Waals surface area contributed by atoms with Crippen molar-refractivity contribution >= 4 is 17.5 Å². The van der Waals surface area contributed by atoms with Crippen LogP contribution in [0.15, 0.2) is 48.5 Å². The van der Waals surface area contributed by atoms with E-state index in [0.29, 0.717) is 12.3 Å². The van der Waals surface area contributed by atoms with Crippen LogP contribution < -0.4 is 20.7 Å². The van der Waals surface area contributed by atoms with Gasteiger partial charge in [0.25, 0.3) is 5.91 Å². The standard InChI is InChI=1S/C22H27N3O3/c1-16-4-8-18(9-5-16)25-21(26)15-28-19-10-6-17(7-11-19)12-14-24-22(27)20-3-2-13-23-20/h4-11,20,23H,2-3,12-15H2,1H3,(H,24,27)(H,25,26). The highest BCUT2D eigenvalue weighted by molar-refractivity contribution is 5.91. The summed E-state index contributed by atoms with van der Waals surface area (Å²) in [5.41, 5.74) is 3.00. The fraction of sp³-hybridized carbons (Fsp3) is 0.364. The summed E-state index contributed by atoms with van der Waals surface area (Å²) in [6, 6.07) is 15.2. The topological polar surface area (TPSA) is 79.5 Å². The summed E-state index contributed by atoms with van der Waals surface area (Å²) in [5, 5.41) is 8.96. The van der Waals surface area contributed by atoms with Crippen LogP contribution in [0.3, 0.4) is 0 Å². The molecule has 0 spiro atoms. The van der Waals surface area contributed by atoms with Crippen LogP contribution in [0.5, 0.6) is 5.75 Å². The molecular formula is C22H27N3O3. The maximum atomic E-state index is 12.0. The highest BCUT2D eigenvalue weighted by Gasteiger charge is 2.21. The molecule has 0 bridgehead atoms. The summed E-state index contributed by atoms with van der Waals surface area (Å²) in [7, 11) is 0. The molecule has 0 saturated carbocycles. The molecule has 148 valence electrons. The van der Waals surface area contributed by atoms with E-state index in [2.05, 4.69) is 16.0 Å². The van der Waals surface area contributed by atoms with Crippen molar-refractivity contribution in [2.75, 3.05) is 25.0 Å². The number of hydrogen-bond acceptors (Lipinski definition) is 4. The van der Waals surface area contributed by atoms with Crippen molar-refractivity contribution in [2.24, 2.45) is 0 Å². The van der Waals surface area contributed by atoms with E-state index in [-0.39, 0.29) is 24.5 Å². The summed E-state index contributed by atoms with van der Waals surface area (Å²) in [6.45, 7) is 3.48. The molecule has 3 rings (SSSR count). The van der Waals surface area contributed by atoms with Gasteiger partial charge in [0.15, 0.2) is 6.61 Å². The Morgan fingerprint density at radius 1 is 1.11 bits per heavy atom. The Kier molecular flexibility index (Phi) is 7.03. The maximum absolute atomic E-state index is 12.0. The molecule has 6 heteroatoms. The molecule has 1 saturated heterocycles. The van der Waals surface area contributed by atoms with Gasteiger partial charge in [0.05, 0.1) is 6.04 Å². The fourth-order valence-corrected chi connectivity index (χ4v) is 3.10. The number of rotatable bonds is 8. The Morgan fingerprint density at radius 3 is 2.54 bits per heavy atom. The van der Waals surface area contributed by atoms with Crippen molar-refractivity contribution in [3.63, 3.8) is 0 Å². The van der Waals surface area contributed by atoms with E-state index in [1.165, 1.54) is 0 Å². The van der Waals surface area contributed by atoms with E-state index in [1.54, 1.807) is 0 Å². The van der Waals surface area contributed by atoms with Crippen LogP contribution in [0.2, 0.25) is 0 Å². The van der Waals surface area contributed by atoms with Crippen LogP contribution in [-0.2, 0) is 16.0 Å². The zero-order chi connectivity index (χ0) is 19.8. The number of aryl methyl sites for hydroxylation is 1. The molecular weight excluding hydrogens is 354 g/mol. The Bertz CT molecular complexity index is 782. The second-order valence-electron chi connectivity index (χ2n) is 7.04. The minimum Gasteiger partial charge on any atom is -0.484 e. The maximum Gasteiger partial charge on any atom is 0.262 e. The van der Waals surface area contributed by atoms with E-state index in [0.717, 1.165) is 42.6 Å². The number of benzene rings is 2. The molecule has 1 heterocycles. The summed E-state index contributed by atoms with van der Waals surface area (Å²) in [5.74, 6) is 0.523. The van der Waals surface area contributed by atoms with Gasteiger partial charge >= 0.3 is 0 Å². The molecule has 1 aliphatic rings. The minimum atomic E-state index is -0.198. The van der Waals surface area contributed by atoms with Crippen molar-refractivity contribution < 1.29 is 14.3 Å². The van der Waals surface area contributed by atoms with Crippen LogP contribution >= 0.6 is 0 Å².